The van der Waals surface area contributed by atoms with Gasteiger partial charge in [0.25, 0.3) is 11.8 Å². The van der Waals surface area contributed by atoms with E-state index in [1.54, 1.807) is 45.7 Å². The third-order valence-electron chi connectivity index (χ3n) is 9.42. The van der Waals surface area contributed by atoms with Crippen LogP contribution in [-0.4, -0.2) is 73.0 Å². The molecule has 1 aliphatic heterocycles. The fraction of sp³-hybridized carbons (Fsp3) is 0.216. The molecule has 1 amide bonds. The van der Waals surface area contributed by atoms with Crippen molar-refractivity contribution in [3.05, 3.63) is 95.7 Å². The van der Waals surface area contributed by atoms with Crippen LogP contribution in [-0.2, 0) is 16.6 Å². The van der Waals surface area contributed by atoms with Gasteiger partial charge in [-0.2, -0.15) is 0 Å². The summed E-state index contributed by atoms with van der Waals surface area (Å²) >= 11 is 0. The second kappa shape index (κ2) is 11.5. The van der Waals surface area contributed by atoms with Crippen molar-refractivity contribution in [2.24, 2.45) is 0 Å². The normalized spacial score (nSPS) is 14.8. The molecule has 260 valence electrons. The van der Waals surface area contributed by atoms with E-state index >= 15 is 4.39 Å². The molecule has 0 saturated carbocycles. The third kappa shape index (κ3) is 5.45. The first kappa shape index (κ1) is 32.7. The van der Waals surface area contributed by atoms with Gasteiger partial charge in [0.1, 0.15) is 23.0 Å². The Kier molecular flexibility index (Phi) is 7.40. The van der Waals surface area contributed by atoms with Crippen molar-refractivity contribution in [3.8, 4) is 22.6 Å². The number of amides is 1. The first-order chi connectivity index (χ1) is 24.2. The van der Waals surface area contributed by atoms with Gasteiger partial charge in [-0.3, -0.25) is 23.4 Å². The van der Waals surface area contributed by atoms with Gasteiger partial charge in [0, 0.05) is 47.4 Å². The number of rotatable bonds is 7. The van der Waals surface area contributed by atoms with Crippen molar-refractivity contribution in [3.63, 3.8) is 0 Å². The Labute approximate surface area is 290 Å². The summed E-state index contributed by atoms with van der Waals surface area (Å²) in [5, 5.41) is 4.03. The van der Waals surface area contributed by atoms with Gasteiger partial charge >= 0.3 is 0 Å². The predicted octanol–water partition coefficient (Wildman–Crippen LogP) is 6.77. The third-order valence-corrected chi connectivity index (χ3v) is 10.6. The van der Waals surface area contributed by atoms with Crippen molar-refractivity contribution in [2.75, 3.05) is 37.7 Å². The number of aromatic nitrogens is 3. The average Bonchev–Trinajstić information content (AvgIpc) is 3.66. The van der Waals surface area contributed by atoms with E-state index in [0.29, 0.717) is 61.1 Å². The van der Waals surface area contributed by atoms with E-state index in [-0.39, 0.29) is 23.4 Å². The van der Waals surface area contributed by atoms with Crippen LogP contribution in [0.5, 0.6) is 0 Å². The number of hydrogen-bond acceptors (Lipinski definition) is 7. The number of anilines is 1. The molecule has 1 saturated heterocycles. The SMILES string of the molecule is CNC(=O)c1c(-c2ccc(C)cc2)oc2cc(N(C)S(C)(=O)=O)c(-c3cc4c(cn3)nc(CN3CC(F)(F)C3)n3c5cccc(F)c5cc43)cc12. The Morgan fingerprint density at radius 2 is 1.76 bits per heavy atom. The molecule has 7 aromatic rings. The predicted molar refractivity (Wildman–Crippen MR) is 190 cm³/mol. The minimum atomic E-state index is -3.79. The molecule has 1 fully saturated rings. The highest BCUT2D eigenvalue weighted by Gasteiger charge is 2.44. The van der Waals surface area contributed by atoms with Crippen LogP contribution in [0.1, 0.15) is 21.7 Å². The molecule has 0 aliphatic carbocycles. The highest BCUT2D eigenvalue weighted by Crippen LogP contribution is 2.42. The van der Waals surface area contributed by atoms with Crippen LogP contribution in [0.15, 0.2) is 77.3 Å². The van der Waals surface area contributed by atoms with E-state index in [9.17, 15) is 22.0 Å². The van der Waals surface area contributed by atoms with Crippen molar-refractivity contribution in [1.29, 1.82) is 0 Å². The molecule has 4 aromatic heterocycles. The molecule has 0 bridgehead atoms. The Morgan fingerprint density at radius 3 is 2.45 bits per heavy atom. The molecule has 0 atom stereocenters. The van der Waals surface area contributed by atoms with Gasteiger partial charge in [-0.05, 0) is 37.3 Å². The largest absolute Gasteiger partial charge is 0.455 e. The first-order valence-electron chi connectivity index (χ1n) is 16.0. The van der Waals surface area contributed by atoms with E-state index < -0.39 is 40.8 Å². The smallest absolute Gasteiger partial charge is 0.272 e. The maximum Gasteiger partial charge on any atom is 0.272 e. The van der Waals surface area contributed by atoms with Crippen molar-refractivity contribution in [1.82, 2.24) is 24.6 Å². The summed E-state index contributed by atoms with van der Waals surface area (Å²) in [4.78, 5) is 24.5. The number of alkyl halides is 2. The molecule has 1 aliphatic rings. The fourth-order valence-electron chi connectivity index (χ4n) is 6.81. The number of nitrogens with one attached hydrogen (secondary N) is 1. The quantitative estimate of drug-likeness (QED) is 0.194. The summed E-state index contributed by atoms with van der Waals surface area (Å²) in [6.07, 6.45) is 2.60. The summed E-state index contributed by atoms with van der Waals surface area (Å²) in [6.45, 7) is 1.24. The van der Waals surface area contributed by atoms with E-state index in [0.717, 1.165) is 16.1 Å². The zero-order valence-corrected chi connectivity index (χ0v) is 28.8. The highest BCUT2D eigenvalue weighted by molar-refractivity contribution is 7.92. The molecule has 8 rings (SSSR count). The standard InChI is InChI=1S/C37H31F3N6O4S/c1-20-8-10-21(11-9-20)35-34(36(47)41-2)25-12-23(30(15-32(25)50-35)44(3)51(4,48)49)27-13-24-28(16-42-27)43-33(17-45-18-37(39,40)19-45)46-29-7-5-6-26(38)22(29)14-31(24)46/h5-16H,17-19H2,1-4H3,(H,41,47). The zero-order valence-electron chi connectivity index (χ0n) is 28.0. The Hall–Kier alpha value is -5.47. The number of fused-ring (bicyclic) bond motifs is 6. The number of hydrogen-bond donors (Lipinski definition) is 1. The Bertz CT molecular complexity index is 2680. The van der Waals surface area contributed by atoms with Crippen LogP contribution >= 0.6 is 0 Å². The lowest BCUT2D eigenvalue weighted by molar-refractivity contribution is -0.134. The van der Waals surface area contributed by atoms with E-state index in [1.807, 2.05) is 31.2 Å². The second-order valence-electron chi connectivity index (χ2n) is 13.0. The summed E-state index contributed by atoms with van der Waals surface area (Å²) in [5.74, 6) is -2.86. The van der Waals surface area contributed by atoms with Gasteiger partial charge in [-0.25, -0.2) is 26.6 Å². The van der Waals surface area contributed by atoms with Gasteiger partial charge in [0.15, 0.2) is 0 Å². The fourth-order valence-corrected chi connectivity index (χ4v) is 7.32. The van der Waals surface area contributed by atoms with Gasteiger partial charge in [-0.1, -0.05) is 35.9 Å². The topological polar surface area (TPSA) is 113 Å². The molecule has 5 heterocycles. The van der Waals surface area contributed by atoms with Crippen LogP contribution in [0.3, 0.4) is 0 Å². The minimum Gasteiger partial charge on any atom is -0.455 e. The zero-order chi connectivity index (χ0) is 36.0. The maximum absolute atomic E-state index is 15.2. The molecule has 1 N–H and O–H groups in total. The lowest BCUT2D eigenvalue weighted by atomic mass is 10.00. The number of pyridine rings is 1. The van der Waals surface area contributed by atoms with Gasteiger partial charge in [-0.15, -0.1) is 0 Å². The molecule has 14 heteroatoms. The highest BCUT2D eigenvalue weighted by atomic mass is 32.2. The Morgan fingerprint density at radius 1 is 1.02 bits per heavy atom. The van der Waals surface area contributed by atoms with Crippen LogP contribution in [0.25, 0.3) is 60.9 Å². The molecule has 51 heavy (non-hydrogen) atoms. The summed E-state index contributed by atoms with van der Waals surface area (Å²) < 4.78 is 77.8. The Balaban J connectivity index is 1.39. The monoisotopic (exact) mass is 712 g/mol. The first-order valence-corrected chi connectivity index (χ1v) is 17.9. The molecule has 0 unspecified atom stereocenters. The van der Waals surface area contributed by atoms with Gasteiger partial charge < -0.3 is 9.73 Å². The molecular weight excluding hydrogens is 682 g/mol. The van der Waals surface area contributed by atoms with Crippen molar-refractivity contribution in [2.45, 2.75) is 19.4 Å². The number of nitrogens with zero attached hydrogens (tertiary/aromatic N) is 5. The average molecular weight is 713 g/mol. The molecule has 0 spiro atoms. The number of likely N-dealkylation sites (tertiary alicyclic amines) is 1. The van der Waals surface area contributed by atoms with Crippen molar-refractivity contribution >= 4 is 59.9 Å². The number of benzene rings is 3. The van der Waals surface area contributed by atoms with Crippen LogP contribution in [0.2, 0.25) is 0 Å². The number of halogens is 3. The number of aryl methyl sites for hydroxylation is 1. The van der Waals surface area contributed by atoms with Crippen LogP contribution in [0.4, 0.5) is 18.9 Å². The molecule has 3 aromatic carbocycles. The van der Waals surface area contributed by atoms with E-state index in [4.69, 9.17) is 14.4 Å². The number of carbonyl (C=O) groups is 1. The summed E-state index contributed by atoms with van der Waals surface area (Å²) in [6, 6.07) is 18.8. The van der Waals surface area contributed by atoms with Crippen LogP contribution < -0.4 is 9.62 Å². The number of furan rings is 1. The lowest BCUT2D eigenvalue weighted by Crippen LogP contribution is -2.55. The van der Waals surface area contributed by atoms with Gasteiger partial charge in [0.05, 0.1) is 65.6 Å². The maximum atomic E-state index is 15.2. The second-order valence-corrected chi connectivity index (χ2v) is 15.0. The molecule has 10 nitrogen and oxygen atoms in total. The summed E-state index contributed by atoms with van der Waals surface area (Å²) in [7, 11) is -0.859. The number of carbonyl (C=O) groups excluding carboxylic acids is 1. The van der Waals surface area contributed by atoms with Gasteiger partial charge in [0.2, 0.25) is 10.0 Å². The number of sulfonamides is 1. The van der Waals surface area contributed by atoms with E-state index in [1.165, 1.54) is 26.4 Å². The minimum absolute atomic E-state index is 0.107. The van der Waals surface area contributed by atoms with Crippen molar-refractivity contribution < 1.29 is 30.8 Å². The molecule has 0 radical (unpaired) electrons. The van der Waals surface area contributed by atoms with E-state index in [2.05, 4.69) is 5.32 Å². The molecular formula is C37H31F3N6O4S. The summed E-state index contributed by atoms with van der Waals surface area (Å²) in [5.41, 5.74) is 4.75. The lowest BCUT2D eigenvalue weighted by Gasteiger charge is -2.38. The van der Waals surface area contributed by atoms with Crippen LogP contribution in [0, 0.1) is 12.7 Å².